The van der Waals surface area contributed by atoms with Crippen molar-refractivity contribution in [2.24, 2.45) is 0 Å². The van der Waals surface area contributed by atoms with Gasteiger partial charge >= 0.3 is 0 Å². The zero-order valence-electron chi connectivity index (χ0n) is 14.7. The topological polar surface area (TPSA) is 12.9 Å². The number of aromatic nitrogens is 1. The lowest BCUT2D eigenvalue weighted by Crippen LogP contribution is -1.79. The van der Waals surface area contributed by atoms with Gasteiger partial charge in [-0.1, -0.05) is 91.0 Å². The van der Waals surface area contributed by atoms with Crippen LogP contribution in [0.15, 0.2) is 91.0 Å². The van der Waals surface area contributed by atoms with Gasteiger partial charge in [-0.2, -0.15) is 0 Å². The lowest BCUT2D eigenvalue weighted by molar-refractivity contribution is 1.48. The van der Waals surface area contributed by atoms with Gasteiger partial charge in [-0.15, -0.1) is 11.3 Å². The first-order chi connectivity index (χ1) is 13.4. The Morgan fingerprint density at radius 1 is 0.667 bits per heavy atom. The van der Waals surface area contributed by atoms with Crippen molar-refractivity contribution in [3.63, 3.8) is 0 Å². The van der Waals surface area contributed by atoms with E-state index in [0.717, 1.165) is 16.1 Å². The maximum Gasteiger partial charge on any atom is 0.124 e. The molecule has 128 valence electrons. The van der Waals surface area contributed by atoms with Crippen LogP contribution in [0.1, 0.15) is 11.1 Å². The van der Waals surface area contributed by atoms with Crippen molar-refractivity contribution in [1.82, 2.24) is 4.98 Å². The van der Waals surface area contributed by atoms with E-state index in [1.54, 1.807) is 11.3 Å². The zero-order valence-corrected chi connectivity index (χ0v) is 15.5. The third-order valence-corrected chi connectivity index (χ3v) is 5.75. The fourth-order valence-electron chi connectivity index (χ4n) is 3.32. The van der Waals surface area contributed by atoms with Crippen LogP contribution in [0.4, 0.5) is 0 Å². The first-order valence-corrected chi connectivity index (χ1v) is 9.80. The van der Waals surface area contributed by atoms with E-state index in [-0.39, 0.29) is 0 Å². The second-order valence-corrected chi connectivity index (χ2v) is 7.55. The Balaban J connectivity index is 1.55. The molecule has 0 amide bonds. The predicted molar refractivity (Wildman–Crippen MR) is 118 cm³/mol. The third kappa shape index (κ3) is 3.16. The van der Waals surface area contributed by atoms with Gasteiger partial charge < -0.3 is 0 Å². The monoisotopic (exact) mass is 363 g/mol. The van der Waals surface area contributed by atoms with Gasteiger partial charge in [0.05, 0.1) is 10.2 Å². The summed E-state index contributed by atoms with van der Waals surface area (Å²) in [5.41, 5.74) is 4.64. The molecule has 0 aliphatic rings. The molecule has 5 rings (SSSR count). The molecule has 0 unspecified atom stereocenters. The first-order valence-electron chi connectivity index (χ1n) is 8.99. The quantitative estimate of drug-likeness (QED) is 0.307. The number of benzene rings is 4. The fraction of sp³-hybridized carbons (Fsp3) is 0. The molecule has 0 fully saturated rings. The van der Waals surface area contributed by atoms with Gasteiger partial charge in [0, 0.05) is 10.9 Å². The molecular weight excluding hydrogens is 346 g/mol. The highest BCUT2D eigenvalue weighted by molar-refractivity contribution is 7.21. The van der Waals surface area contributed by atoms with Crippen LogP contribution in [0.25, 0.3) is 43.7 Å². The molecule has 27 heavy (non-hydrogen) atoms. The molecule has 0 saturated heterocycles. The average Bonchev–Trinajstić information content (AvgIpc) is 3.18. The number of hydrogen-bond acceptors (Lipinski definition) is 2. The smallest absolute Gasteiger partial charge is 0.124 e. The average molecular weight is 363 g/mol. The van der Waals surface area contributed by atoms with Crippen molar-refractivity contribution in [2.45, 2.75) is 0 Å². The van der Waals surface area contributed by atoms with Gasteiger partial charge in [0.1, 0.15) is 5.01 Å². The summed E-state index contributed by atoms with van der Waals surface area (Å²) in [6.07, 6.45) is 4.30. The Kier molecular flexibility index (Phi) is 4.04. The summed E-state index contributed by atoms with van der Waals surface area (Å²) < 4.78 is 1.23. The summed E-state index contributed by atoms with van der Waals surface area (Å²) in [6, 6.07) is 31.8. The highest BCUT2D eigenvalue weighted by Crippen LogP contribution is 2.34. The van der Waals surface area contributed by atoms with Gasteiger partial charge in [0.15, 0.2) is 0 Å². The summed E-state index contributed by atoms with van der Waals surface area (Å²) in [4.78, 5) is 4.96. The lowest BCUT2D eigenvalue weighted by Gasteiger charge is -1.99. The van der Waals surface area contributed by atoms with Gasteiger partial charge in [-0.3, -0.25) is 0 Å². The Labute approximate surface area is 162 Å². The van der Waals surface area contributed by atoms with Crippen LogP contribution in [0.3, 0.4) is 0 Å². The van der Waals surface area contributed by atoms with E-state index < -0.39 is 0 Å². The molecule has 0 aliphatic heterocycles. The Morgan fingerprint density at radius 2 is 1.44 bits per heavy atom. The number of fused-ring (bicyclic) bond motifs is 3. The molecule has 0 aliphatic carbocycles. The predicted octanol–water partition coefficient (Wildman–Crippen LogP) is 7.29. The Morgan fingerprint density at radius 3 is 2.37 bits per heavy atom. The largest absolute Gasteiger partial charge is 0.235 e. The van der Waals surface area contributed by atoms with Crippen LogP contribution in [-0.4, -0.2) is 4.98 Å². The molecule has 0 N–H and O–H groups in total. The lowest BCUT2D eigenvalue weighted by atomic mass is 10.1. The van der Waals surface area contributed by atoms with Crippen LogP contribution in [-0.2, 0) is 0 Å². The molecule has 1 nitrogen and oxygen atoms in total. The number of thiazole rings is 1. The Bertz CT molecular complexity index is 1270. The molecule has 0 atom stereocenters. The molecular formula is C25H17NS. The summed E-state index contributed by atoms with van der Waals surface area (Å²) in [6.45, 7) is 0. The minimum Gasteiger partial charge on any atom is -0.235 e. The van der Waals surface area contributed by atoms with Crippen LogP contribution >= 0.6 is 11.3 Å². The van der Waals surface area contributed by atoms with E-state index in [9.17, 15) is 0 Å². The van der Waals surface area contributed by atoms with E-state index in [1.807, 2.05) is 6.07 Å². The van der Waals surface area contributed by atoms with E-state index in [2.05, 4.69) is 97.1 Å². The molecule has 0 spiro atoms. The molecule has 0 bridgehead atoms. The second kappa shape index (κ2) is 6.82. The molecule has 4 aromatic carbocycles. The normalized spacial score (nSPS) is 11.6. The van der Waals surface area contributed by atoms with E-state index in [0.29, 0.717) is 0 Å². The second-order valence-electron chi connectivity index (χ2n) is 6.52. The van der Waals surface area contributed by atoms with Crippen LogP contribution in [0.5, 0.6) is 0 Å². The van der Waals surface area contributed by atoms with Gasteiger partial charge in [0.25, 0.3) is 0 Å². The molecule has 0 saturated carbocycles. The maximum absolute atomic E-state index is 4.96. The zero-order chi connectivity index (χ0) is 18.1. The number of nitrogens with zero attached hydrogens (tertiary/aromatic N) is 1. The number of rotatable bonds is 3. The van der Waals surface area contributed by atoms with Crippen molar-refractivity contribution in [1.29, 1.82) is 0 Å². The summed E-state index contributed by atoms with van der Waals surface area (Å²) >= 11 is 1.75. The highest BCUT2D eigenvalue weighted by atomic mass is 32.1. The molecule has 1 heterocycles. The first kappa shape index (κ1) is 16.0. The van der Waals surface area contributed by atoms with Crippen molar-refractivity contribution in [3.05, 3.63) is 102 Å². The minimum atomic E-state index is 1.07. The van der Waals surface area contributed by atoms with Crippen molar-refractivity contribution in [3.8, 4) is 10.6 Å². The highest BCUT2D eigenvalue weighted by Gasteiger charge is 2.09. The van der Waals surface area contributed by atoms with Gasteiger partial charge in [-0.25, -0.2) is 4.98 Å². The van der Waals surface area contributed by atoms with Crippen LogP contribution in [0, 0.1) is 0 Å². The van der Waals surface area contributed by atoms with E-state index in [4.69, 9.17) is 4.98 Å². The summed E-state index contributed by atoms with van der Waals surface area (Å²) in [5.74, 6) is 0. The molecule has 5 aromatic rings. The fourth-order valence-corrected chi connectivity index (χ4v) is 4.30. The maximum atomic E-state index is 4.96. The van der Waals surface area contributed by atoms with Crippen LogP contribution < -0.4 is 0 Å². The van der Waals surface area contributed by atoms with E-state index in [1.165, 1.54) is 26.6 Å². The van der Waals surface area contributed by atoms with Gasteiger partial charge in [-0.05, 0) is 28.6 Å². The standard InChI is InChI=1S/C25H17NS/c1-2-7-18(8-3-1)13-14-19-9-6-11-21(17-19)25-26-24-22-12-5-4-10-20(22)15-16-23(24)27-25/h1-17H. The van der Waals surface area contributed by atoms with Crippen molar-refractivity contribution in [2.75, 3.05) is 0 Å². The van der Waals surface area contributed by atoms with Crippen molar-refractivity contribution >= 4 is 44.5 Å². The van der Waals surface area contributed by atoms with Crippen LogP contribution in [0.2, 0.25) is 0 Å². The SMILES string of the molecule is C(=Cc1cccc(-c2nc3c(ccc4ccccc43)s2)c1)c1ccccc1. The Hall–Kier alpha value is -3.23. The van der Waals surface area contributed by atoms with Gasteiger partial charge in [0.2, 0.25) is 0 Å². The third-order valence-electron chi connectivity index (χ3n) is 4.68. The summed E-state index contributed by atoms with van der Waals surface area (Å²) in [7, 11) is 0. The molecule has 0 radical (unpaired) electrons. The molecule has 2 heteroatoms. The number of hydrogen-bond donors (Lipinski definition) is 0. The minimum absolute atomic E-state index is 1.07. The van der Waals surface area contributed by atoms with Crippen molar-refractivity contribution < 1.29 is 0 Å². The van der Waals surface area contributed by atoms with E-state index >= 15 is 0 Å². The summed E-state index contributed by atoms with van der Waals surface area (Å²) in [5, 5.41) is 3.52. The molecule has 1 aromatic heterocycles.